The maximum Gasteiger partial charge on any atom is 0.416 e. The number of para-hydroxylation sites is 1. The van der Waals surface area contributed by atoms with E-state index in [1.54, 1.807) is 19.1 Å². The molecule has 0 aliphatic carbocycles. The zero-order chi connectivity index (χ0) is 23.0. The number of fused-ring (bicyclic) bond motifs is 1. The van der Waals surface area contributed by atoms with Gasteiger partial charge in [0.1, 0.15) is 11.3 Å². The van der Waals surface area contributed by atoms with Crippen molar-refractivity contribution in [2.75, 3.05) is 0 Å². The van der Waals surface area contributed by atoms with E-state index >= 15 is 0 Å². The first-order valence-electron chi connectivity index (χ1n) is 9.71. The Morgan fingerprint density at radius 2 is 1.84 bits per heavy atom. The molecule has 1 atom stereocenters. The lowest BCUT2D eigenvalue weighted by Crippen LogP contribution is -2.33. The Kier molecular flexibility index (Phi) is 5.33. The summed E-state index contributed by atoms with van der Waals surface area (Å²) in [6, 6.07) is 14.2. The first kappa shape index (κ1) is 21.4. The largest absolute Gasteiger partial charge is 0.459 e. The minimum Gasteiger partial charge on any atom is -0.459 e. The van der Waals surface area contributed by atoms with E-state index in [4.69, 9.17) is 4.42 Å². The third-order valence-corrected chi connectivity index (χ3v) is 4.96. The van der Waals surface area contributed by atoms with Crippen molar-refractivity contribution >= 4 is 16.9 Å². The highest BCUT2D eigenvalue weighted by Gasteiger charge is 2.30. The fourth-order valence-electron chi connectivity index (χ4n) is 3.33. The standard InChI is InChI=1S/C23H18F3N3O3/c1-13-10-18(30)21(28-29(13)17-8-5-7-16(12-17)23(24,25)26)22(31)27-14(2)20-11-15-6-3-4-9-19(15)32-20/h3-12,14H,1-2H3,(H,27,31). The second kappa shape index (κ2) is 7.99. The quantitative estimate of drug-likeness (QED) is 0.494. The van der Waals surface area contributed by atoms with Gasteiger partial charge in [0, 0.05) is 17.1 Å². The van der Waals surface area contributed by atoms with Crippen LogP contribution in [0.4, 0.5) is 13.2 Å². The lowest BCUT2D eigenvalue weighted by Gasteiger charge is -2.15. The highest BCUT2D eigenvalue weighted by molar-refractivity contribution is 5.92. The molecular weight excluding hydrogens is 423 g/mol. The number of carbonyl (C=O) groups is 1. The number of aromatic nitrogens is 2. The van der Waals surface area contributed by atoms with Crippen LogP contribution in [0.15, 0.2) is 69.9 Å². The summed E-state index contributed by atoms with van der Waals surface area (Å²) in [6.45, 7) is 3.21. The van der Waals surface area contributed by atoms with E-state index in [9.17, 15) is 22.8 Å². The Bertz CT molecular complexity index is 1340. The normalized spacial score (nSPS) is 12.7. The number of amides is 1. The number of halogens is 3. The van der Waals surface area contributed by atoms with Gasteiger partial charge in [-0.1, -0.05) is 24.3 Å². The number of nitrogens with one attached hydrogen (secondary N) is 1. The van der Waals surface area contributed by atoms with Gasteiger partial charge in [-0.25, -0.2) is 4.68 Å². The van der Waals surface area contributed by atoms with Crippen LogP contribution in [0, 0.1) is 6.92 Å². The fraction of sp³-hybridized carbons (Fsp3) is 0.174. The molecule has 0 aliphatic heterocycles. The zero-order valence-electron chi connectivity index (χ0n) is 17.1. The van der Waals surface area contributed by atoms with Crippen molar-refractivity contribution in [3.05, 3.63) is 93.6 Å². The van der Waals surface area contributed by atoms with Crippen molar-refractivity contribution < 1.29 is 22.4 Å². The molecule has 0 saturated heterocycles. The molecule has 1 unspecified atom stereocenters. The molecule has 0 bridgehead atoms. The number of hydrogen-bond donors (Lipinski definition) is 1. The molecule has 0 aliphatic rings. The van der Waals surface area contributed by atoms with Crippen molar-refractivity contribution in [2.45, 2.75) is 26.1 Å². The second-order valence-corrected chi connectivity index (χ2v) is 7.34. The second-order valence-electron chi connectivity index (χ2n) is 7.34. The average Bonchev–Trinajstić information content (AvgIpc) is 3.18. The molecule has 9 heteroatoms. The predicted octanol–water partition coefficient (Wildman–Crippen LogP) is 4.80. The predicted molar refractivity (Wildman–Crippen MR) is 112 cm³/mol. The smallest absolute Gasteiger partial charge is 0.416 e. The van der Waals surface area contributed by atoms with Crippen LogP contribution in [0.1, 0.15) is 40.5 Å². The fourth-order valence-corrected chi connectivity index (χ4v) is 3.33. The Morgan fingerprint density at radius 1 is 1.09 bits per heavy atom. The van der Waals surface area contributed by atoms with E-state index in [2.05, 4.69) is 10.4 Å². The van der Waals surface area contributed by atoms with Gasteiger partial charge in [0.2, 0.25) is 5.43 Å². The molecule has 2 aromatic carbocycles. The third-order valence-electron chi connectivity index (χ3n) is 4.96. The molecule has 2 aromatic heterocycles. The lowest BCUT2D eigenvalue weighted by atomic mass is 10.2. The minimum absolute atomic E-state index is 0.0803. The molecule has 1 amide bonds. The van der Waals surface area contributed by atoms with E-state index in [-0.39, 0.29) is 11.4 Å². The Morgan fingerprint density at radius 3 is 2.56 bits per heavy atom. The summed E-state index contributed by atoms with van der Waals surface area (Å²) in [5, 5.41) is 7.57. The molecule has 0 spiro atoms. The topological polar surface area (TPSA) is 77.1 Å². The molecule has 2 heterocycles. The first-order chi connectivity index (χ1) is 15.1. The van der Waals surface area contributed by atoms with Gasteiger partial charge >= 0.3 is 6.18 Å². The van der Waals surface area contributed by atoms with E-state index in [0.29, 0.717) is 11.3 Å². The summed E-state index contributed by atoms with van der Waals surface area (Å²) in [5.41, 5.74) is -0.910. The van der Waals surface area contributed by atoms with Crippen LogP contribution in [0.5, 0.6) is 0 Å². The number of carbonyl (C=O) groups excluding carboxylic acids is 1. The highest BCUT2D eigenvalue weighted by Crippen LogP contribution is 2.30. The number of furan rings is 1. The van der Waals surface area contributed by atoms with Crippen LogP contribution < -0.4 is 10.7 Å². The van der Waals surface area contributed by atoms with Gasteiger partial charge in [0.05, 0.1) is 17.3 Å². The number of rotatable bonds is 4. The monoisotopic (exact) mass is 441 g/mol. The van der Waals surface area contributed by atoms with Crippen molar-refractivity contribution in [3.8, 4) is 5.69 Å². The Labute approximate surface area is 180 Å². The number of hydrogen-bond acceptors (Lipinski definition) is 4. The molecule has 0 saturated carbocycles. The van der Waals surface area contributed by atoms with E-state index in [1.165, 1.54) is 19.1 Å². The van der Waals surface area contributed by atoms with E-state index in [1.807, 2.05) is 18.2 Å². The van der Waals surface area contributed by atoms with Crippen molar-refractivity contribution in [3.63, 3.8) is 0 Å². The van der Waals surface area contributed by atoms with Crippen LogP contribution in [-0.4, -0.2) is 15.7 Å². The van der Waals surface area contributed by atoms with Crippen LogP contribution in [-0.2, 0) is 6.18 Å². The molecule has 0 fully saturated rings. The summed E-state index contributed by atoms with van der Waals surface area (Å²) in [4.78, 5) is 25.2. The van der Waals surface area contributed by atoms with Crippen LogP contribution >= 0.6 is 0 Å². The van der Waals surface area contributed by atoms with Crippen molar-refractivity contribution in [2.24, 2.45) is 0 Å². The third kappa shape index (κ3) is 4.14. The zero-order valence-corrected chi connectivity index (χ0v) is 17.1. The molecule has 32 heavy (non-hydrogen) atoms. The average molecular weight is 441 g/mol. The van der Waals surface area contributed by atoms with Crippen LogP contribution in [0.2, 0.25) is 0 Å². The van der Waals surface area contributed by atoms with Crippen LogP contribution in [0.25, 0.3) is 16.7 Å². The number of nitrogens with zero attached hydrogens (tertiary/aromatic N) is 2. The SMILES string of the molecule is Cc1cc(=O)c(C(=O)NC(C)c2cc3ccccc3o2)nn1-c1cccc(C(F)(F)F)c1. The Balaban J connectivity index is 1.65. The van der Waals surface area contributed by atoms with Crippen molar-refractivity contribution in [1.82, 2.24) is 15.1 Å². The first-order valence-corrected chi connectivity index (χ1v) is 9.71. The molecule has 0 radical (unpaired) electrons. The number of alkyl halides is 3. The minimum atomic E-state index is -4.54. The number of benzene rings is 2. The maximum absolute atomic E-state index is 13.1. The van der Waals surface area contributed by atoms with Gasteiger partial charge in [-0.05, 0) is 44.2 Å². The van der Waals surface area contributed by atoms with Crippen molar-refractivity contribution in [1.29, 1.82) is 0 Å². The van der Waals surface area contributed by atoms with Gasteiger partial charge in [-0.2, -0.15) is 18.3 Å². The summed E-state index contributed by atoms with van der Waals surface area (Å²) in [7, 11) is 0. The Hall–Kier alpha value is -3.88. The van der Waals surface area contributed by atoms with Gasteiger partial charge in [-0.3, -0.25) is 9.59 Å². The van der Waals surface area contributed by atoms with Gasteiger partial charge in [-0.15, -0.1) is 0 Å². The molecule has 4 rings (SSSR count). The van der Waals surface area contributed by atoms with Crippen LogP contribution in [0.3, 0.4) is 0 Å². The van der Waals surface area contributed by atoms with Gasteiger partial charge in [0.25, 0.3) is 5.91 Å². The molecule has 1 N–H and O–H groups in total. The summed E-state index contributed by atoms with van der Waals surface area (Å²) >= 11 is 0. The molecule has 164 valence electrons. The van der Waals surface area contributed by atoms with E-state index in [0.717, 1.165) is 28.3 Å². The van der Waals surface area contributed by atoms with Gasteiger partial charge in [0.15, 0.2) is 5.69 Å². The molecule has 4 aromatic rings. The molecular formula is C23H18F3N3O3. The lowest BCUT2D eigenvalue weighted by molar-refractivity contribution is -0.137. The summed E-state index contributed by atoms with van der Waals surface area (Å²) in [5.74, 6) is -0.270. The summed E-state index contributed by atoms with van der Waals surface area (Å²) in [6.07, 6.45) is -4.54. The molecule has 6 nitrogen and oxygen atoms in total. The number of aryl methyl sites for hydroxylation is 1. The maximum atomic E-state index is 13.1. The summed E-state index contributed by atoms with van der Waals surface area (Å²) < 4.78 is 46.1. The van der Waals surface area contributed by atoms with Gasteiger partial charge < -0.3 is 9.73 Å². The van der Waals surface area contributed by atoms with E-state index < -0.39 is 34.8 Å². The highest BCUT2D eigenvalue weighted by atomic mass is 19.4.